The molecular weight excluding hydrogens is 244 g/mol. The summed E-state index contributed by atoms with van der Waals surface area (Å²) in [6, 6.07) is 13.5. The van der Waals surface area contributed by atoms with Crippen molar-refractivity contribution in [1.29, 1.82) is 0 Å². The molecule has 0 saturated heterocycles. The van der Waals surface area contributed by atoms with Crippen LogP contribution >= 0.6 is 0 Å². The normalized spacial score (nSPS) is 22.5. The van der Waals surface area contributed by atoms with Crippen molar-refractivity contribution < 1.29 is 0 Å². The van der Waals surface area contributed by atoms with E-state index in [4.69, 9.17) is 0 Å². The zero-order chi connectivity index (χ0) is 13.9. The number of pyridine rings is 1. The Labute approximate surface area is 121 Å². The molecule has 1 N–H and O–H groups in total. The maximum atomic E-state index is 4.26. The Bertz CT molecular complexity index is 565. The first-order chi connectivity index (χ1) is 9.85. The minimum atomic E-state index is 0.443. The molecule has 0 radical (unpaired) electrons. The summed E-state index contributed by atoms with van der Waals surface area (Å²) in [7, 11) is 2.07. The van der Waals surface area contributed by atoms with Gasteiger partial charge in [-0.2, -0.15) is 0 Å². The molecule has 3 rings (SSSR count). The molecule has 1 aromatic carbocycles. The van der Waals surface area contributed by atoms with Gasteiger partial charge in [-0.25, -0.2) is 0 Å². The van der Waals surface area contributed by atoms with Gasteiger partial charge in [-0.3, -0.25) is 4.98 Å². The highest BCUT2D eigenvalue weighted by Crippen LogP contribution is 2.54. The third-order valence-corrected chi connectivity index (χ3v) is 4.46. The van der Waals surface area contributed by atoms with Crippen LogP contribution in [-0.4, -0.2) is 12.0 Å². The van der Waals surface area contributed by atoms with Crippen molar-refractivity contribution in [2.24, 2.45) is 5.92 Å². The fraction of sp³-hybridized carbons (Fsp3) is 0.389. The van der Waals surface area contributed by atoms with Gasteiger partial charge in [-0.05, 0) is 54.5 Å². The van der Waals surface area contributed by atoms with Crippen molar-refractivity contribution in [3.8, 4) is 0 Å². The molecular formula is C18H22N2. The highest BCUT2D eigenvalue weighted by atomic mass is 14.9. The monoisotopic (exact) mass is 266 g/mol. The molecule has 1 aliphatic rings. The number of aromatic nitrogens is 1. The van der Waals surface area contributed by atoms with E-state index in [1.165, 1.54) is 23.1 Å². The fourth-order valence-corrected chi connectivity index (χ4v) is 3.30. The molecule has 1 aromatic heterocycles. The van der Waals surface area contributed by atoms with Gasteiger partial charge in [-0.1, -0.05) is 37.3 Å². The second kappa shape index (κ2) is 5.76. The van der Waals surface area contributed by atoms with Gasteiger partial charge >= 0.3 is 0 Å². The molecule has 2 heteroatoms. The molecule has 1 fully saturated rings. The quantitative estimate of drug-likeness (QED) is 0.892. The highest BCUT2D eigenvalue weighted by molar-refractivity contribution is 5.33. The first kappa shape index (κ1) is 13.3. The van der Waals surface area contributed by atoms with Gasteiger partial charge in [0.25, 0.3) is 0 Å². The molecule has 2 aromatic rings. The average molecular weight is 266 g/mol. The Morgan fingerprint density at radius 2 is 2.05 bits per heavy atom. The minimum Gasteiger partial charge on any atom is -0.313 e. The Hall–Kier alpha value is -1.67. The molecule has 20 heavy (non-hydrogen) atoms. The number of nitrogens with zero attached hydrogens (tertiary/aromatic N) is 1. The number of benzene rings is 1. The van der Waals surface area contributed by atoms with Crippen molar-refractivity contribution in [3.05, 3.63) is 65.5 Å². The molecule has 3 unspecified atom stereocenters. The second-order valence-corrected chi connectivity index (χ2v) is 5.61. The van der Waals surface area contributed by atoms with E-state index in [0.29, 0.717) is 17.9 Å². The van der Waals surface area contributed by atoms with Gasteiger partial charge in [-0.15, -0.1) is 0 Å². The zero-order valence-electron chi connectivity index (χ0n) is 12.2. The zero-order valence-corrected chi connectivity index (χ0v) is 12.2. The van der Waals surface area contributed by atoms with Crippen LogP contribution in [0, 0.1) is 5.92 Å². The Balaban J connectivity index is 1.82. The molecule has 0 spiro atoms. The predicted molar refractivity (Wildman–Crippen MR) is 82.7 cm³/mol. The summed E-state index contributed by atoms with van der Waals surface area (Å²) in [6.45, 7) is 2.20. The SMILES string of the molecule is CCc1cnccc1C(NC)C1CC1c1ccccc1. The van der Waals surface area contributed by atoms with E-state index >= 15 is 0 Å². The van der Waals surface area contributed by atoms with Gasteiger partial charge in [0.2, 0.25) is 0 Å². The van der Waals surface area contributed by atoms with E-state index in [-0.39, 0.29) is 0 Å². The van der Waals surface area contributed by atoms with Crippen LogP contribution in [0.25, 0.3) is 0 Å². The molecule has 0 bridgehead atoms. The summed E-state index contributed by atoms with van der Waals surface area (Å²) in [4.78, 5) is 4.26. The lowest BCUT2D eigenvalue weighted by Gasteiger charge is -2.19. The first-order valence-electron chi connectivity index (χ1n) is 7.50. The van der Waals surface area contributed by atoms with Crippen molar-refractivity contribution >= 4 is 0 Å². The van der Waals surface area contributed by atoms with Crippen LogP contribution < -0.4 is 5.32 Å². The first-order valence-corrected chi connectivity index (χ1v) is 7.50. The van der Waals surface area contributed by atoms with E-state index in [1.54, 1.807) is 0 Å². The van der Waals surface area contributed by atoms with Crippen LogP contribution in [0.2, 0.25) is 0 Å². The van der Waals surface area contributed by atoms with Gasteiger partial charge in [0, 0.05) is 18.4 Å². The van der Waals surface area contributed by atoms with E-state index in [0.717, 1.165) is 6.42 Å². The largest absolute Gasteiger partial charge is 0.313 e. The molecule has 0 aliphatic heterocycles. The summed E-state index contributed by atoms with van der Waals surface area (Å²) < 4.78 is 0. The second-order valence-electron chi connectivity index (χ2n) is 5.61. The Morgan fingerprint density at radius 3 is 2.75 bits per heavy atom. The average Bonchev–Trinajstić information content (AvgIpc) is 3.30. The topological polar surface area (TPSA) is 24.9 Å². The lowest BCUT2D eigenvalue weighted by molar-refractivity contribution is 0.513. The van der Waals surface area contributed by atoms with Crippen LogP contribution in [0.3, 0.4) is 0 Å². The molecule has 1 aliphatic carbocycles. The number of rotatable bonds is 5. The summed E-state index contributed by atoms with van der Waals surface area (Å²) in [5.74, 6) is 1.40. The van der Waals surface area contributed by atoms with Crippen LogP contribution in [0.1, 0.15) is 42.0 Å². The van der Waals surface area contributed by atoms with Crippen molar-refractivity contribution in [2.75, 3.05) is 7.05 Å². The summed E-state index contributed by atoms with van der Waals surface area (Å²) in [5, 5.41) is 3.53. The van der Waals surface area contributed by atoms with Crippen LogP contribution in [-0.2, 0) is 6.42 Å². The van der Waals surface area contributed by atoms with Crippen LogP contribution in [0.5, 0.6) is 0 Å². The number of hydrogen-bond donors (Lipinski definition) is 1. The van der Waals surface area contributed by atoms with Gasteiger partial charge in [0.15, 0.2) is 0 Å². The highest BCUT2D eigenvalue weighted by Gasteiger charge is 2.44. The van der Waals surface area contributed by atoms with Crippen LogP contribution in [0.4, 0.5) is 0 Å². The maximum Gasteiger partial charge on any atom is 0.0356 e. The third-order valence-electron chi connectivity index (χ3n) is 4.46. The lowest BCUT2D eigenvalue weighted by atomic mass is 9.95. The molecule has 0 amide bonds. The minimum absolute atomic E-state index is 0.443. The molecule has 104 valence electrons. The molecule has 1 heterocycles. The van der Waals surface area contributed by atoms with E-state index < -0.39 is 0 Å². The third kappa shape index (κ3) is 2.48. The van der Waals surface area contributed by atoms with Gasteiger partial charge in [0.05, 0.1) is 0 Å². The summed E-state index contributed by atoms with van der Waals surface area (Å²) in [5.41, 5.74) is 4.27. The van der Waals surface area contributed by atoms with Crippen molar-refractivity contribution in [1.82, 2.24) is 10.3 Å². The van der Waals surface area contributed by atoms with Crippen molar-refractivity contribution in [2.45, 2.75) is 31.7 Å². The number of aryl methyl sites for hydroxylation is 1. The molecule has 3 atom stereocenters. The number of hydrogen-bond acceptors (Lipinski definition) is 2. The van der Waals surface area contributed by atoms with E-state index in [2.05, 4.69) is 60.7 Å². The standard InChI is InChI=1S/C18H22N2/c1-3-13-12-20-10-9-15(13)18(19-2)17-11-16(17)14-7-5-4-6-8-14/h4-10,12,16-19H,3,11H2,1-2H3. The number of nitrogens with one attached hydrogen (secondary N) is 1. The smallest absolute Gasteiger partial charge is 0.0356 e. The predicted octanol–water partition coefficient (Wildman–Crippen LogP) is 3.71. The lowest BCUT2D eigenvalue weighted by Crippen LogP contribution is -2.20. The Kier molecular flexibility index (Phi) is 3.83. The van der Waals surface area contributed by atoms with Crippen LogP contribution in [0.15, 0.2) is 48.8 Å². The van der Waals surface area contributed by atoms with Gasteiger partial charge < -0.3 is 5.32 Å². The Morgan fingerprint density at radius 1 is 1.25 bits per heavy atom. The van der Waals surface area contributed by atoms with Crippen molar-refractivity contribution in [3.63, 3.8) is 0 Å². The maximum absolute atomic E-state index is 4.26. The fourth-order valence-electron chi connectivity index (χ4n) is 3.30. The summed E-state index contributed by atoms with van der Waals surface area (Å²) in [6.07, 6.45) is 6.25. The summed E-state index contributed by atoms with van der Waals surface area (Å²) >= 11 is 0. The molecule has 1 saturated carbocycles. The van der Waals surface area contributed by atoms with E-state index in [1.807, 2.05) is 12.4 Å². The van der Waals surface area contributed by atoms with E-state index in [9.17, 15) is 0 Å². The molecule has 2 nitrogen and oxygen atoms in total. The van der Waals surface area contributed by atoms with Gasteiger partial charge in [0.1, 0.15) is 0 Å².